The predicted octanol–water partition coefficient (Wildman–Crippen LogP) is 2.48. The van der Waals surface area contributed by atoms with E-state index in [1.54, 1.807) is 17.1 Å². The monoisotopic (exact) mass is 264 g/mol. The lowest BCUT2D eigenvalue weighted by atomic mass is 10.3. The largest absolute Gasteiger partial charge is 0.311 e. The van der Waals surface area contributed by atoms with Crippen molar-refractivity contribution in [3.05, 3.63) is 47.0 Å². The molecule has 0 unspecified atom stereocenters. The van der Waals surface area contributed by atoms with Crippen LogP contribution in [0.25, 0.3) is 0 Å². The normalized spacial score (nSPS) is 10.8. The fourth-order valence-corrected chi connectivity index (χ4v) is 1.86. The Morgan fingerprint density at radius 1 is 1.33 bits per heavy atom. The van der Waals surface area contributed by atoms with Gasteiger partial charge in [0.2, 0.25) is 0 Å². The van der Waals surface area contributed by atoms with Crippen LogP contribution < -0.4 is 5.32 Å². The van der Waals surface area contributed by atoms with Gasteiger partial charge < -0.3 is 5.32 Å². The molecule has 0 saturated carbocycles. The van der Waals surface area contributed by atoms with Crippen LogP contribution in [-0.2, 0) is 13.1 Å². The highest BCUT2D eigenvalue weighted by Gasteiger charge is 2.00. The third kappa shape index (κ3) is 3.82. The van der Waals surface area contributed by atoms with Gasteiger partial charge in [-0.15, -0.1) is 0 Å². The van der Waals surface area contributed by atoms with Gasteiger partial charge in [0.15, 0.2) is 0 Å². The van der Waals surface area contributed by atoms with E-state index < -0.39 is 0 Å². The second-order valence-electron chi connectivity index (χ2n) is 4.15. The van der Waals surface area contributed by atoms with E-state index in [1.807, 2.05) is 18.2 Å². The SMILES string of the molecule is CCCNCc1cccc(Cn2cc(Cl)cn2)n1. The first kappa shape index (κ1) is 13.1. The minimum atomic E-state index is 0.647. The van der Waals surface area contributed by atoms with Crippen molar-refractivity contribution in [2.75, 3.05) is 6.54 Å². The van der Waals surface area contributed by atoms with E-state index in [4.69, 9.17) is 11.6 Å². The van der Waals surface area contributed by atoms with Crippen LogP contribution in [0.4, 0.5) is 0 Å². The van der Waals surface area contributed by atoms with E-state index in [9.17, 15) is 0 Å². The summed E-state index contributed by atoms with van der Waals surface area (Å²) >= 11 is 5.83. The third-order valence-corrected chi connectivity index (χ3v) is 2.72. The molecule has 0 aliphatic heterocycles. The van der Waals surface area contributed by atoms with Crippen molar-refractivity contribution in [3.63, 3.8) is 0 Å². The molecular formula is C13H17ClN4. The summed E-state index contributed by atoms with van der Waals surface area (Å²) in [5.41, 5.74) is 2.05. The highest BCUT2D eigenvalue weighted by Crippen LogP contribution is 2.07. The molecule has 0 fully saturated rings. The van der Waals surface area contributed by atoms with Crippen LogP contribution in [0.3, 0.4) is 0 Å². The van der Waals surface area contributed by atoms with Gasteiger partial charge in [0, 0.05) is 12.7 Å². The van der Waals surface area contributed by atoms with Gasteiger partial charge in [0.05, 0.1) is 29.2 Å². The van der Waals surface area contributed by atoms with Gasteiger partial charge in [-0.1, -0.05) is 24.6 Å². The second kappa shape index (κ2) is 6.52. The zero-order chi connectivity index (χ0) is 12.8. The molecule has 4 nitrogen and oxygen atoms in total. The Labute approximate surface area is 112 Å². The molecule has 0 aromatic carbocycles. The average Bonchev–Trinajstić information content (AvgIpc) is 2.76. The summed E-state index contributed by atoms with van der Waals surface area (Å²) in [4.78, 5) is 4.58. The molecule has 5 heteroatoms. The average molecular weight is 265 g/mol. The molecule has 2 rings (SSSR count). The Kier molecular flexibility index (Phi) is 4.73. The minimum Gasteiger partial charge on any atom is -0.311 e. The maximum atomic E-state index is 5.83. The van der Waals surface area contributed by atoms with Crippen molar-refractivity contribution >= 4 is 11.6 Å². The van der Waals surface area contributed by atoms with Gasteiger partial charge >= 0.3 is 0 Å². The first-order valence-electron chi connectivity index (χ1n) is 6.11. The molecule has 2 heterocycles. The standard InChI is InChI=1S/C13H17ClN4/c1-2-6-15-8-12-4-3-5-13(17-12)10-18-9-11(14)7-16-18/h3-5,7,9,15H,2,6,8,10H2,1H3. The lowest BCUT2D eigenvalue weighted by Gasteiger charge is -2.05. The number of hydrogen-bond donors (Lipinski definition) is 1. The van der Waals surface area contributed by atoms with Gasteiger partial charge in [-0.3, -0.25) is 9.67 Å². The second-order valence-corrected chi connectivity index (χ2v) is 4.59. The Bertz CT molecular complexity index is 495. The van der Waals surface area contributed by atoms with Crippen molar-refractivity contribution in [3.8, 4) is 0 Å². The topological polar surface area (TPSA) is 42.7 Å². The molecule has 2 aromatic heterocycles. The Morgan fingerprint density at radius 2 is 2.17 bits per heavy atom. The highest BCUT2D eigenvalue weighted by molar-refractivity contribution is 6.30. The first-order valence-corrected chi connectivity index (χ1v) is 6.49. The summed E-state index contributed by atoms with van der Waals surface area (Å²) in [5.74, 6) is 0. The van der Waals surface area contributed by atoms with Crippen molar-refractivity contribution in [2.24, 2.45) is 0 Å². The van der Waals surface area contributed by atoms with E-state index in [-0.39, 0.29) is 0 Å². The first-order chi connectivity index (χ1) is 8.78. The molecule has 2 aromatic rings. The molecule has 18 heavy (non-hydrogen) atoms. The number of aromatic nitrogens is 3. The van der Waals surface area contributed by atoms with E-state index >= 15 is 0 Å². The summed E-state index contributed by atoms with van der Waals surface area (Å²) in [5, 5.41) is 8.13. The van der Waals surface area contributed by atoms with E-state index in [2.05, 4.69) is 22.3 Å². The van der Waals surface area contributed by atoms with Crippen molar-refractivity contribution < 1.29 is 0 Å². The quantitative estimate of drug-likeness (QED) is 0.815. The van der Waals surface area contributed by atoms with Crippen LogP contribution in [0.15, 0.2) is 30.6 Å². The van der Waals surface area contributed by atoms with Crippen LogP contribution in [0.1, 0.15) is 24.7 Å². The molecule has 0 radical (unpaired) electrons. The number of hydrogen-bond acceptors (Lipinski definition) is 3. The fourth-order valence-electron chi connectivity index (χ4n) is 1.70. The van der Waals surface area contributed by atoms with Gasteiger partial charge in [-0.05, 0) is 25.1 Å². The number of nitrogens with zero attached hydrogens (tertiary/aromatic N) is 3. The summed E-state index contributed by atoms with van der Waals surface area (Å²) in [6.07, 6.45) is 4.56. The third-order valence-electron chi connectivity index (χ3n) is 2.52. The lowest BCUT2D eigenvalue weighted by Crippen LogP contribution is -2.15. The van der Waals surface area contributed by atoms with Gasteiger partial charge in [-0.2, -0.15) is 5.10 Å². The minimum absolute atomic E-state index is 0.647. The molecular weight excluding hydrogens is 248 g/mol. The molecule has 0 aliphatic rings. The summed E-state index contributed by atoms with van der Waals surface area (Å²) in [6, 6.07) is 6.05. The van der Waals surface area contributed by atoms with E-state index in [0.29, 0.717) is 11.6 Å². The van der Waals surface area contributed by atoms with Gasteiger partial charge in [0.1, 0.15) is 0 Å². The summed E-state index contributed by atoms with van der Waals surface area (Å²) in [7, 11) is 0. The Morgan fingerprint density at radius 3 is 2.89 bits per heavy atom. The van der Waals surface area contributed by atoms with Gasteiger partial charge in [0.25, 0.3) is 0 Å². The zero-order valence-corrected chi connectivity index (χ0v) is 11.2. The molecule has 0 amide bonds. The van der Waals surface area contributed by atoms with Crippen LogP contribution >= 0.6 is 11.6 Å². The molecule has 0 atom stereocenters. The number of rotatable bonds is 6. The number of nitrogens with one attached hydrogen (secondary N) is 1. The fraction of sp³-hybridized carbons (Fsp3) is 0.385. The van der Waals surface area contributed by atoms with Gasteiger partial charge in [-0.25, -0.2) is 0 Å². The van der Waals surface area contributed by atoms with Crippen molar-refractivity contribution in [1.82, 2.24) is 20.1 Å². The smallest absolute Gasteiger partial charge is 0.0832 e. The van der Waals surface area contributed by atoms with Crippen LogP contribution in [0.2, 0.25) is 5.02 Å². The zero-order valence-electron chi connectivity index (χ0n) is 10.4. The summed E-state index contributed by atoms with van der Waals surface area (Å²) in [6.45, 7) is 4.62. The highest BCUT2D eigenvalue weighted by atomic mass is 35.5. The maximum absolute atomic E-state index is 5.83. The Hall–Kier alpha value is -1.39. The molecule has 0 bridgehead atoms. The molecule has 1 N–H and O–H groups in total. The molecule has 96 valence electrons. The van der Waals surface area contributed by atoms with Crippen molar-refractivity contribution in [2.45, 2.75) is 26.4 Å². The van der Waals surface area contributed by atoms with E-state index in [0.717, 1.165) is 30.9 Å². The van der Waals surface area contributed by atoms with E-state index in [1.165, 1.54) is 0 Å². The molecule has 0 spiro atoms. The number of pyridine rings is 1. The Balaban J connectivity index is 1.98. The maximum Gasteiger partial charge on any atom is 0.0832 e. The number of halogens is 1. The molecule has 0 saturated heterocycles. The van der Waals surface area contributed by atoms with Crippen LogP contribution in [0.5, 0.6) is 0 Å². The van der Waals surface area contributed by atoms with Crippen LogP contribution in [-0.4, -0.2) is 21.3 Å². The lowest BCUT2D eigenvalue weighted by molar-refractivity contribution is 0.645. The van der Waals surface area contributed by atoms with Crippen LogP contribution in [0, 0.1) is 0 Å². The summed E-state index contributed by atoms with van der Waals surface area (Å²) < 4.78 is 1.79. The predicted molar refractivity (Wildman–Crippen MR) is 72.6 cm³/mol. The van der Waals surface area contributed by atoms with Crippen molar-refractivity contribution in [1.29, 1.82) is 0 Å². The molecule has 0 aliphatic carbocycles.